The maximum Gasteiger partial charge on any atom is 0.155 e. The summed E-state index contributed by atoms with van der Waals surface area (Å²) in [6.07, 6.45) is 9.61. The molecule has 0 heterocycles. The molecule has 0 aromatic heterocycles. The van der Waals surface area contributed by atoms with Crippen LogP contribution < -0.4 is 0 Å². The van der Waals surface area contributed by atoms with Gasteiger partial charge in [0.15, 0.2) is 5.78 Å². The van der Waals surface area contributed by atoms with Crippen LogP contribution in [0.25, 0.3) is 0 Å². The zero-order chi connectivity index (χ0) is 17.1. The van der Waals surface area contributed by atoms with E-state index >= 15 is 0 Å². The molecule has 0 radical (unpaired) electrons. The Labute approximate surface area is 145 Å². The summed E-state index contributed by atoms with van der Waals surface area (Å²) < 4.78 is 0. The molecule has 0 aliphatic heterocycles. The number of carbonyl (C=O) groups is 1. The molecular formula is C21H32O3. The van der Waals surface area contributed by atoms with E-state index in [2.05, 4.69) is 13.8 Å². The lowest BCUT2D eigenvalue weighted by atomic mass is 9.46. The van der Waals surface area contributed by atoms with Crippen molar-refractivity contribution in [1.29, 1.82) is 0 Å². The van der Waals surface area contributed by atoms with Crippen LogP contribution in [0, 0.1) is 34.5 Å². The Morgan fingerprint density at radius 1 is 1.17 bits per heavy atom. The second-order valence-corrected chi connectivity index (χ2v) is 9.45. The van der Waals surface area contributed by atoms with Gasteiger partial charge in [0.25, 0.3) is 0 Å². The van der Waals surface area contributed by atoms with Crippen LogP contribution in [0.1, 0.15) is 65.2 Å². The number of hydrogen-bond donors (Lipinski definition) is 2. The van der Waals surface area contributed by atoms with Crippen LogP contribution in [-0.4, -0.2) is 28.7 Å². The van der Waals surface area contributed by atoms with Gasteiger partial charge in [-0.3, -0.25) is 4.79 Å². The molecule has 0 spiro atoms. The van der Waals surface area contributed by atoms with Crippen LogP contribution in [0.15, 0.2) is 11.6 Å². The molecule has 3 nitrogen and oxygen atoms in total. The lowest BCUT2D eigenvalue weighted by molar-refractivity contribution is -0.123. The largest absolute Gasteiger partial charge is 0.396 e. The lowest BCUT2D eigenvalue weighted by Gasteiger charge is -2.59. The minimum Gasteiger partial charge on any atom is -0.396 e. The third-order valence-electron chi connectivity index (χ3n) is 8.66. The molecule has 0 saturated heterocycles. The van der Waals surface area contributed by atoms with E-state index in [0.29, 0.717) is 36.5 Å². The Balaban J connectivity index is 1.68. The minimum absolute atomic E-state index is 0.119. The third-order valence-corrected chi connectivity index (χ3v) is 8.66. The van der Waals surface area contributed by atoms with E-state index in [1.54, 1.807) is 0 Å². The molecule has 3 fully saturated rings. The number of aliphatic hydroxyl groups is 2. The average molecular weight is 332 g/mol. The number of carbonyl (C=O) groups excluding carboxylic acids is 1. The molecule has 134 valence electrons. The molecule has 24 heavy (non-hydrogen) atoms. The van der Waals surface area contributed by atoms with E-state index in [-0.39, 0.29) is 29.3 Å². The van der Waals surface area contributed by atoms with E-state index in [1.165, 1.54) is 31.3 Å². The first-order valence-corrected chi connectivity index (χ1v) is 9.93. The van der Waals surface area contributed by atoms with Gasteiger partial charge in [0.1, 0.15) is 0 Å². The molecule has 4 aliphatic rings. The Hall–Kier alpha value is -0.670. The van der Waals surface area contributed by atoms with Crippen molar-refractivity contribution < 1.29 is 15.0 Å². The standard InChI is InChI=1S/C21H32O3/c1-20-9-6-17-19(16(20)4-3-13(20)7-10-22)18(24)12-14-11-15(23)5-8-21(14,17)2/h11,13,16-19,22,24H,3-10,12H2,1-2H3. The molecule has 2 N–H and O–H groups in total. The molecular weight excluding hydrogens is 300 g/mol. The third kappa shape index (κ3) is 2.20. The maximum atomic E-state index is 11.9. The summed E-state index contributed by atoms with van der Waals surface area (Å²) >= 11 is 0. The Morgan fingerprint density at radius 3 is 2.71 bits per heavy atom. The average Bonchev–Trinajstić information content (AvgIpc) is 2.87. The molecule has 0 amide bonds. The van der Waals surface area contributed by atoms with E-state index < -0.39 is 0 Å². The van der Waals surface area contributed by atoms with Gasteiger partial charge in [-0.1, -0.05) is 19.4 Å². The smallest absolute Gasteiger partial charge is 0.155 e. The zero-order valence-corrected chi connectivity index (χ0v) is 15.1. The maximum absolute atomic E-state index is 11.9. The number of hydrogen-bond acceptors (Lipinski definition) is 3. The topological polar surface area (TPSA) is 57.5 Å². The van der Waals surface area contributed by atoms with E-state index in [0.717, 1.165) is 12.8 Å². The van der Waals surface area contributed by atoms with E-state index in [4.69, 9.17) is 0 Å². The van der Waals surface area contributed by atoms with Crippen LogP contribution in [0.3, 0.4) is 0 Å². The summed E-state index contributed by atoms with van der Waals surface area (Å²) in [4.78, 5) is 11.9. The summed E-state index contributed by atoms with van der Waals surface area (Å²) in [6.45, 7) is 5.07. The number of rotatable bonds is 2. The molecule has 7 unspecified atom stereocenters. The van der Waals surface area contributed by atoms with Gasteiger partial charge in [-0.15, -0.1) is 0 Å². The number of aliphatic hydroxyl groups excluding tert-OH is 2. The first kappa shape index (κ1) is 16.8. The van der Waals surface area contributed by atoms with Gasteiger partial charge in [-0.25, -0.2) is 0 Å². The summed E-state index contributed by atoms with van der Waals surface area (Å²) in [5.74, 6) is 2.34. The van der Waals surface area contributed by atoms with E-state index in [1.807, 2.05) is 6.08 Å². The summed E-state index contributed by atoms with van der Waals surface area (Å²) in [5, 5.41) is 20.5. The fourth-order valence-electron chi connectivity index (χ4n) is 7.27. The predicted octanol–water partition coefficient (Wildman–Crippen LogP) is 3.49. The van der Waals surface area contributed by atoms with Crippen LogP contribution in [0.2, 0.25) is 0 Å². The predicted molar refractivity (Wildman–Crippen MR) is 93.3 cm³/mol. The molecule has 3 saturated carbocycles. The molecule has 0 aromatic rings. The number of fused-ring (bicyclic) bond motifs is 5. The van der Waals surface area contributed by atoms with Crippen LogP contribution >= 0.6 is 0 Å². The minimum atomic E-state index is -0.294. The summed E-state index contributed by atoms with van der Waals surface area (Å²) in [7, 11) is 0. The van der Waals surface area contributed by atoms with Crippen molar-refractivity contribution in [3.63, 3.8) is 0 Å². The van der Waals surface area contributed by atoms with Crippen molar-refractivity contribution in [3.05, 3.63) is 11.6 Å². The first-order valence-electron chi connectivity index (χ1n) is 9.93. The molecule has 7 atom stereocenters. The van der Waals surface area contributed by atoms with E-state index in [9.17, 15) is 15.0 Å². The van der Waals surface area contributed by atoms with Crippen LogP contribution in [0.5, 0.6) is 0 Å². The van der Waals surface area contributed by atoms with Gasteiger partial charge in [0, 0.05) is 13.0 Å². The lowest BCUT2D eigenvalue weighted by Crippen LogP contribution is -2.55. The van der Waals surface area contributed by atoms with Gasteiger partial charge in [-0.2, -0.15) is 0 Å². The monoisotopic (exact) mass is 332 g/mol. The fraction of sp³-hybridized carbons (Fsp3) is 0.857. The highest BCUT2D eigenvalue weighted by molar-refractivity contribution is 5.91. The second-order valence-electron chi connectivity index (χ2n) is 9.45. The fourth-order valence-corrected chi connectivity index (χ4v) is 7.27. The Morgan fingerprint density at radius 2 is 1.96 bits per heavy atom. The van der Waals surface area contributed by atoms with Crippen molar-refractivity contribution in [3.8, 4) is 0 Å². The molecule has 3 heteroatoms. The van der Waals surface area contributed by atoms with Crippen molar-refractivity contribution in [2.45, 2.75) is 71.3 Å². The molecule has 4 rings (SSSR count). The second kappa shape index (κ2) is 5.67. The highest BCUT2D eigenvalue weighted by Crippen LogP contribution is 2.66. The van der Waals surface area contributed by atoms with Crippen LogP contribution in [0.4, 0.5) is 0 Å². The summed E-state index contributed by atoms with van der Waals surface area (Å²) in [5.41, 5.74) is 1.63. The van der Waals surface area contributed by atoms with Gasteiger partial charge in [0.05, 0.1) is 6.10 Å². The highest BCUT2D eigenvalue weighted by atomic mass is 16.3. The van der Waals surface area contributed by atoms with Crippen LogP contribution in [-0.2, 0) is 4.79 Å². The Bertz CT molecular complexity index is 567. The van der Waals surface area contributed by atoms with Crippen molar-refractivity contribution in [2.75, 3.05) is 6.61 Å². The van der Waals surface area contributed by atoms with Crippen molar-refractivity contribution in [2.24, 2.45) is 34.5 Å². The van der Waals surface area contributed by atoms with Crippen molar-refractivity contribution in [1.82, 2.24) is 0 Å². The highest BCUT2D eigenvalue weighted by Gasteiger charge is 2.60. The zero-order valence-electron chi connectivity index (χ0n) is 15.1. The van der Waals surface area contributed by atoms with Gasteiger partial charge >= 0.3 is 0 Å². The number of ketones is 1. The van der Waals surface area contributed by atoms with Crippen molar-refractivity contribution >= 4 is 5.78 Å². The quantitative estimate of drug-likeness (QED) is 0.814. The molecule has 0 bridgehead atoms. The first-order chi connectivity index (χ1) is 11.4. The molecule has 0 aromatic carbocycles. The van der Waals surface area contributed by atoms with Gasteiger partial charge in [-0.05, 0) is 85.5 Å². The Kier molecular flexibility index (Phi) is 3.96. The normalized spacial score (nSPS) is 50.8. The SMILES string of the molecule is CC12CCC(=O)C=C1CC(O)C1C2CCC2(C)C(CCO)CCC12. The molecule has 4 aliphatic carbocycles. The summed E-state index contributed by atoms with van der Waals surface area (Å²) in [6, 6.07) is 0. The van der Waals surface area contributed by atoms with Gasteiger partial charge < -0.3 is 10.2 Å². The van der Waals surface area contributed by atoms with Gasteiger partial charge in [0.2, 0.25) is 0 Å².